The lowest BCUT2D eigenvalue weighted by atomic mass is 10.1. The van der Waals surface area contributed by atoms with Crippen molar-refractivity contribution in [2.45, 2.75) is 57.8 Å². The summed E-state index contributed by atoms with van der Waals surface area (Å²) in [6, 6.07) is 6.76. The third kappa shape index (κ3) is 3.82. The van der Waals surface area contributed by atoms with Gasteiger partial charge in [0, 0.05) is 38.6 Å². The van der Waals surface area contributed by atoms with Gasteiger partial charge in [0.1, 0.15) is 0 Å². The van der Waals surface area contributed by atoms with Crippen molar-refractivity contribution in [3.8, 4) is 0 Å². The van der Waals surface area contributed by atoms with E-state index in [4.69, 9.17) is 0 Å². The maximum absolute atomic E-state index is 12.5. The van der Waals surface area contributed by atoms with E-state index in [0.717, 1.165) is 31.5 Å². The Labute approximate surface area is 154 Å². The number of rotatable bonds is 4. The monoisotopic (exact) mass is 363 g/mol. The molecule has 0 radical (unpaired) electrons. The number of benzene rings is 1. The molecule has 25 heavy (non-hydrogen) atoms. The molecule has 2 aliphatic heterocycles. The van der Waals surface area contributed by atoms with Crippen LogP contribution in [0.3, 0.4) is 0 Å². The fraction of sp³-hybridized carbons (Fsp3) is 0.579. The van der Waals surface area contributed by atoms with E-state index in [2.05, 4.69) is 28.8 Å². The van der Waals surface area contributed by atoms with Gasteiger partial charge in [0.25, 0.3) is 0 Å². The van der Waals surface area contributed by atoms with Crippen molar-refractivity contribution in [3.63, 3.8) is 0 Å². The van der Waals surface area contributed by atoms with Crippen LogP contribution in [0.25, 0.3) is 0 Å². The van der Waals surface area contributed by atoms with Gasteiger partial charge in [0.05, 0.1) is 5.92 Å². The molecule has 1 aliphatic carbocycles. The van der Waals surface area contributed by atoms with Crippen molar-refractivity contribution in [1.82, 2.24) is 15.5 Å². The van der Waals surface area contributed by atoms with Gasteiger partial charge in [-0.15, -0.1) is 12.4 Å². The molecule has 6 heteroatoms. The largest absolute Gasteiger partial charge is 0.352 e. The third-order valence-electron chi connectivity index (χ3n) is 5.66. The maximum atomic E-state index is 12.5. The van der Waals surface area contributed by atoms with Gasteiger partial charge >= 0.3 is 0 Å². The summed E-state index contributed by atoms with van der Waals surface area (Å²) in [4.78, 5) is 26.6. The van der Waals surface area contributed by atoms with E-state index in [9.17, 15) is 9.59 Å². The number of hydrogen-bond donors (Lipinski definition) is 2. The first-order valence-electron chi connectivity index (χ1n) is 9.09. The maximum Gasteiger partial charge on any atom is 0.225 e. The van der Waals surface area contributed by atoms with Crippen molar-refractivity contribution in [1.29, 1.82) is 0 Å². The van der Waals surface area contributed by atoms with Crippen LogP contribution < -0.4 is 10.6 Å². The van der Waals surface area contributed by atoms with Crippen molar-refractivity contribution in [3.05, 3.63) is 34.9 Å². The summed E-state index contributed by atoms with van der Waals surface area (Å²) in [7, 11) is 0. The number of nitrogens with one attached hydrogen (secondary N) is 2. The van der Waals surface area contributed by atoms with Crippen LogP contribution in [0.5, 0.6) is 0 Å². The molecule has 1 atom stereocenters. The summed E-state index contributed by atoms with van der Waals surface area (Å²) in [5.74, 6) is -0.0117. The summed E-state index contributed by atoms with van der Waals surface area (Å²) in [5, 5.41) is 6.36. The van der Waals surface area contributed by atoms with E-state index in [1.54, 1.807) is 0 Å². The lowest BCUT2D eigenvalue weighted by Gasteiger charge is -2.23. The molecule has 1 aromatic rings. The number of halogens is 1. The number of fused-ring (bicyclic) bond motifs is 1. The number of hydrogen-bond acceptors (Lipinski definition) is 3. The fourth-order valence-corrected chi connectivity index (χ4v) is 4.27. The molecule has 1 saturated heterocycles. The molecule has 1 aromatic carbocycles. The molecule has 2 fully saturated rings. The quantitative estimate of drug-likeness (QED) is 0.861. The second-order valence-corrected chi connectivity index (χ2v) is 7.31. The molecule has 3 aliphatic rings. The molecule has 2 heterocycles. The Morgan fingerprint density at radius 1 is 1.20 bits per heavy atom. The lowest BCUT2D eigenvalue weighted by molar-refractivity contribution is -0.130. The zero-order valence-electron chi connectivity index (χ0n) is 14.4. The minimum absolute atomic E-state index is 0. The Balaban J connectivity index is 0.00000182. The van der Waals surface area contributed by atoms with Crippen LogP contribution in [0, 0.1) is 5.92 Å². The van der Waals surface area contributed by atoms with Crippen LogP contribution in [0.1, 0.15) is 48.8 Å². The zero-order chi connectivity index (χ0) is 16.5. The first-order chi connectivity index (χ1) is 11.7. The van der Waals surface area contributed by atoms with E-state index >= 15 is 0 Å². The van der Waals surface area contributed by atoms with E-state index in [0.29, 0.717) is 25.6 Å². The molecule has 2 amide bonds. The number of likely N-dealkylation sites (tertiary alicyclic amines) is 1. The third-order valence-corrected chi connectivity index (χ3v) is 5.66. The molecule has 1 saturated carbocycles. The van der Waals surface area contributed by atoms with Gasteiger partial charge < -0.3 is 15.5 Å². The summed E-state index contributed by atoms with van der Waals surface area (Å²) in [6.45, 7) is 2.98. The van der Waals surface area contributed by atoms with Crippen molar-refractivity contribution in [2.24, 2.45) is 5.92 Å². The minimum atomic E-state index is -0.186. The average Bonchev–Trinajstić information content (AvgIpc) is 3.31. The van der Waals surface area contributed by atoms with E-state index in [1.165, 1.54) is 24.0 Å². The van der Waals surface area contributed by atoms with Crippen LogP contribution >= 0.6 is 12.4 Å². The molecule has 1 unspecified atom stereocenters. The Hall–Kier alpha value is -1.59. The zero-order valence-corrected chi connectivity index (χ0v) is 15.2. The highest BCUT2D eigenvalue weighted by Crippen LogP contribution is 2.29. The van der Waals surface area contributed by atoms with Crippen LogP contribution in [0.4, 0.5) is 0 Å². The predicted octanol–water partition coefficient (Wildman–Crippen LogP) is 2.12. The predicted molar refractivity (Wildman–Crippen MR) is 98.2 cm³/mol. The van der Waals surface area contributed by atoms with Gasteiger partial charge in [-0.05, 0) is 29.5 Å². The van der Waals surface area contributed by atoms with Gasteiger partial charge in [-0.2, -0.15) is 0 Å². The van der Waals surface area contributed by atoms with Gasteiger partial charge in [-0.1, -0.05) is 31.0 Å². The highest BCUT2D eigenvalue weighted by molar-refractivity contribution is 5.89. The summed E-state index contributed by atoms with van der Waals surface area (Å²) in [5.41, 5.74) is 3.80. The molecule has 0 bridgehead atoms. The highest BCUT2D eigenvalue weighted by atomic mass is 35.5. The van der Waals surface area contributed by atoms with Crippen LogP contribution in [-0.2, 0) is 29.2 Å². The molecular formula is C19H26ClN3O2. The fourth-order valence-electron chi connectivity index (χ4n) is 4.27. The molecular weight excluding hydrogens is 338 g/mol. The van der Waals surface area contributed by atoms with Crippen LogP contribution in [-0.4, -0.2) is 29.3 Å². The first-order valence-corrected chi connectivity index (χ1v) is 9.09. The smallest absolute Gasteiger partial charge is 0.225 e. The second-order valence-electron chi connectivity index (χ2n) is 7.31. The Morgan fingerprint density at radius 3 is 2.76 bits per heavy atom. The van der Waals surface area contributed by atoms with Crippen LogP contribution in [0.15, 0.2) is 18.2 Å². The molecule has 4 rings (SSSR count). The summed E-state index contributed by atoms with van der Waals surface area (Å²) < 4.78 is 0. The second kappa shape index (κ2) is 7.75. The SMILES string of the molecule is Cl.O=C(NCc1ccc2c(c1)CNC2)C1CC(=O)N(C2CCCC2)C1. The van der Waals surface area contributed by atoms with Crippen LogP contribution in [0.2, 0.25) is 0 Å². The van der Waals surface area contributed by atoms with Crippen molar-refractivity contribution >= 4 is 24.2 Å². The van der Waals surface area contributed by atoms with Gasteiger partial charge in [-0.3, -0.25) is 9.59 Å². The van der Waals surface area contributed by atoms with E-state index in [-0.39, 0.29) is 30.1 Å². The number of carbonyl (C=O) groups excluding carboxylic acids is 2. The normalized spacial score (nSPS) is 22.8. The van der Waals surface area contributed by atoms with E-state index in [1.807, 2.05) is 4.90 Å². The van der Waals surface area contributed by atoms with Gasteiger partial charge in [0.15, 0.2) is 0 Å². The van der Waals surface area contributed by atoms with E-state index < -0.39 is 0 Å². The molecule has 2 N–H and O–H groups in total. The lowest BCUT2D eigenvalue weighted by Crippen LogP contribution is -2.36. The Kier molecular flexibility index (Phi) is 5.64. The highest BCUT2D eigenvalue weighted by Gasteiger charge is 2.38. The number of amides is 2. The summed E-state index contributed by atoms with van der Waals surface area (Å²) in [6.07, 6.45) is 4.99. The molecule has 5 nitrogen and oxygen atoms in total. The molecule has 0 aromatic heterocycles. The Bertz CT molecular complexity index is 658. The standard InChI is InChI=1S/C19H25N3O2.ClH/c23-18-8-16(12-22(18)17-3-1-2-4-17)19(24)21-9-13-5-6-14-10-20-11-15(14)7-13;/h5-7,16-17,20H,1-4,8-12H2,(H,21,24);1H. The minimum Gasteiger partial charge on any atom is -0.352 e. The number of nitrogens with zero attached hydrogens (tertiary/aromatic N) is 1. The first kappa shape index (κ1) is 18.2. The molecule has 136 valence electrons. The van der Waals surface area contributed by atoms with Crippen molar-refractivity contribution in [2.75, 3.05) is 6.54 Å². The topological polar surface area (TPSA) is 61.4 Å². The molecule has 0 spiro atoms. The number of carbonyl (C=O) groups is 2. The average molecular weight is 364 g/mol. The Morgan fingerprint density at radius 2 is 1.96 bits per heavy atom. The van der Waals surface area contributed by atoms with Crippen molar-refractivity contribution < 1.29 is 9.59 Å². The van der Waals surface area contributed by atoms with Gasteiger partial charge in [0.2, 0.25) is 11.8 Å². The summed E-state index contributed by atoms with van der Waals surface area (Å²) >= 11 is 0. The van der Waals surface area contributed by atoms with Gasteiger partial charge in [-0.25, -0.2) is 0 Å².